The molecule has 6 rings (SSSR count). The van der Waals surface area contributed by atoms with Crippen LogP contribution in [0.5, 0.6) is 5.75 Å². The van der Waals surface area contributed by atoms with Gasteiger partial charge in [-0.2, -0.15) is 0 Å². The van der Waals surface area contributed by atoms with E-state index in [1.165, 1.54) is 0 Å². The van der Waals surface area contributed by atoms with Crippen molar-refractivity contribution in [3.63, 3.8) is 0 Å². The van der Waals surface area contributed by atoms with E-state index in [1.807, 2.05) is 60.7 Å². The summed E-state index contributed by atoms with van der Waals surface area (Å²) >= 11 is 0. The summed E-state index contributed by atoms with van der Waals surface area (Å²) in [7, 11) is 0. The molecular formula is C35H26N2O5. The molecule has 7 heteroatoms. The number of nitrogens with one attached hydrogen (secondary N) is 1. The quantitative estimate of drug-likeness (QED) is 0.228. The van der Waals surface area contributed by atoms with Gasteiger partial charge in [0.05, 0.1) is 17.7 Å². The van der Waals surface area contributed by atoms with Crippen molar-refractivity contribution in [1.82, 2.24) is 10.2 Å². The number of carbonyl (C=O) groups excluding carboxylic acids is 2. The summed E-state index contributed by atoms with van der Waals surface area (Å²) in [5, 5.41) is 2.86. The molecule has 5 aromatic rings. The highest BCUT2D eigenvalue weighted by atomic mass is 16.6. The average Bonchev–Trinajstić information content (AvgIpc) is 3.72. The molecule has 206 valence electrons. The molecule has 5 aromatic carbocycles. The normalized spacial score (nSPS) is 12.5. The van der Waals surface area contributed by atoms with E-state index in [2.05, 4.69) is 5.32 Å². The van der Waals surface area contributed by atoms with Crippen molar-refractivity contribution in [2.24, 2.45) is 0 Å². The standard InChI is InChI=1S/C35H26N2O5/c38-32-29-20-21-37(22-24-10-4-1-5-11-24)34(42-35(40)27-14-8-3-9-15-27)31(30(29)32)36-33(39)26-16-18-28(19-17-26)41-23-25-12-6-2-7-13-25/h1-21H,22-23H2,(H,36,39). The predicted molar refractivity (Wildman–Crippen MR) is 160 cm³/mol. The van der Waals surface area contributed by atoms with Gasteiger partial charge in [0.25, 0.3) is 5.91 Å². The first kappa shape index (κ1) is 26.5. The number of esters is 1. The second kappa shape index (κ2) is 11.8. The van der Waals surface area contributed by atoms with Gasteiger partial charge in [-0.1, -0.05) is 78.9 Å². The molecule has 0 unspecified atom stereocenters. The summed E-state index contributed by atoms with van der Waals surface area (Å²) in [5.74, 6) is -0.389. The zero-order valence-corrected chi connectivity index (χ0v) is 22.5. The zero-order valence-electron chi connectivity index (χ0n) is 22.5. The van der Waals surface area contributed by atoms with Crippen LogP contribution in [0.1, 0.15) is 43.0 Å². The van der Waals surface area contributed by atoms with Crippen LogP contribution in [0.15, 0.2) is 132 Å². The second-order valence-corrected chi connectivity index (χ2v) is 9.74. The number of rotatable bonds is 9. The van der Waals surface area contributed by atoms with Gasteiger partial charge >= 0.3 is 5.97 Å². The van der Waals surface area contributed by atoms with Gasteiger partial charge < -0.3 is 19.7 Å². The molecule has 0 radical (unpaired) electrons. The second-order valence-electron chi connectivity index (χ2n) is 9.74. The average molecular weight is 555 g/mol. The molecule has 0 aliphatic carbocycles. The number of carbonyl (C=O) groups is 2. The Bertz CT molecular complexity index is 1780. The van der Waals surface area contributed by atoms with Gasteiger partial charge in [-0.25, -0.2) is 4.79 Å². The Morgan fingerprint density at radius 3 is 2.00 bits per heavy atom. The van der Waals surface area contributed by atoms with Crippen LogP contribution >= 0.6 is 0 Å². The smallest absolute Gasteiger partial charge is 0.344 e. The fourth-order valence-electron chi connectivity index (χ4n) is 4.55. The van der Waals surface area contributed by atoms with Crippen LogP contribution in [0.3, 0.4) is 0 Å². The van der Waals surface area contributed by atoms with Crippen molar-refractivity contribution in [3.8, 4) is 5.75 Å². The van der Waals surface area contributed by atoms with Crippen LogP contribution in [0.2, 0.25) is 0 Å². The van der Waals surface area contributed by atoms with E-state index >= 15 is 0 Å². The molecule has 1 aliphatic heterocycles. The van der Waals surface area contributed by atoms with Crippen LogP contribution in [0.25, 0.3) is 11.8 Å². The molecule has 0 saturated carbocycles. The van der Waals surface area contributed by atoms with Crippen molar-refractivity contribution in [2.45, 2.75) is 13.2 Å². The van der Waals surface area contributed by atoms with Crippen molar-refractivity contribution < 1.29 is 19.1 Å². The molecule has 0 atom stereocenters. The lowest BCUT2D eigenvalue weighted by Gasteiger charge is -2.24. The van der Waals surface area contributed by atoms with Gasteiger partial charge in [-0.3, -0.25) is 9.59 Å². The molecule has 1 aliphatic rings. The Morgan fingerprint density at radius 1 is 0.714 bits per heavy atom. The topological polar surface area (TPSA) is 84.9 Å². The van der Waals surface area contributed by atoms with Crippen LogP contribution in [-0.2, 0) is 17.9 Å². The molecule has 0 fully saturated rings. The number of amides is 1. The van der Waals surface area contributed by atoms with Crippen molar-refractivity contribution in [2.75, 3.05) is 0 Å². The van der Waals surface area contributed by atoms with Crippen LogP contribution < -0.4 is 15.5 Å². The van der Waals surface area contributed by atoms with E-state index in [-0.39, 0.29) is 17.0 Å². The van der Waals surface area contributed by atoms with Gasteiger partial charge in [0.1, 0.15) is 18.1 Å². The fourth-order valence-corrected chi connectivity index (χ4v) is 4.55. The minimum atomic E-state index is -0.610. The highest BCUT2D eigenvalue weighted by molar-refractivity contribution is 6.02. The monoisotopic (exact) mass is 554 g/mol. The van der Waals surface area contributed by atoms with Crippen molar-refractivity contribution in [1.29, 1.82) is 0 Å². The molecular weight excluding hydrogens is 528 g/mol. The van der Waals surface area contributed by atoms with Crippen LogP contribution in [0, 0.1) is 0 Å². The van der Waals surface area contributed by atoms with Gasteiger partial charge in [-0.15, -0.1) is 0 Å². The maximum atomic E-state index is 13.5. The molecule has 1 heterocycles. The number of nitrogens with zero attached hydrogens (tertiary/aromatic N) is 1. The molecule has 0 spiro atoms. The molecule has 1 amide bonds. The number of ether oxygens (including phenoxy) is 2. The third kappa shape index (κ3) is 5.90. The van der Waals surface area contributed by atoms with Gasteiger partial charge in [0, 0.05) is 17.3 Å². The van der Waals surface area contributed by atoms with Crippen LogP contribution in [0.4, 0.5) is 0 Å². The Kier molecular flexibility index (Phi) is 7.46. The Hall–Kier alpha value is -5.69. The number of hydrogen-bond acceptors (Lipinski definition) is 6. The van der Waals surface area contributed by atoms with E-state index in [1.54, 1.807) is 71.8 Å². The van der Waals surface area contributed by atoms with Gasteiger partial charge in [-0.05, 0) is 53.6 Å². The van der Waals surface area contributed by atoms with E-state index in [9.17, 15) is 14.4 Å². The molecule has 42 heavy (non-hydrogen) atoms. The van der Waals surface area contributed by atoms with Crippen molar-refractivity contribution in [3.05, 3.63) is 171 Å². The molecule has 7 nitrogen and oxygen atoms in total. The first-order valence-corrected chi connectivity index (χ1v) is 13.4. The zero-order chi connectivity index (χ0) is 28.9. The summed E-state index contributed by atoms with van der Waals surface area (Å²) in [6.45, 7) is 0.745. The maximum Gasteiger partial charge on any atom is 0.344 e. The minimum Gasteiger partial charge on any atom is -0.489 e. The molecule has 1 N–H and O–H groups in total. The lowest BCUT2D eigenvalue weighted by atomic mass is 10.2. The Balaban J connectivity index is 1.29. The minimum absolute atomic E-state index is 0.0657. The Morgan fingerprint density at radius 2 is 1.33 bits per heavy atom. The highest BCUT2D eigenvalue weighted by Gasteiger charge is 2.34. The fraction of sp³-hybridized carbons (Fsp3) is 0.0571. The number of benzene rings is 4. The molecule has 0 bridgehead atoms. The Labute approximate surface area is 242 Å². The summed E-state index contributed by atoms with van der Waals surface area (Å²) in [6.07, 6.45) is 3.37. The van der Waals surface area contributed by atoms with E-state index in [4.69, 9.17) is 9.47 Å². The summed E-state index contributed by atoms with van der Waals surface area (Å²) in [5.41, 5.74) is 3.38. The van der Waals surface area contributed by atoms with Crippen LogP contribution in [-0.4, -0.2) is 16.8 Å². The third-order valence-electron chi connectivity index (χ3n) is 6.82. The number of hydrogen-bond donors (Lipinski definition) is 1. The maximum absolute atomic E-state index is 13.5. The predicted octanol–water partition coefficient (Wildman–Crippen LogP) is 5.90. The molecule has 0 aromatic heterocycles. The van der Waals surface area contributed by atoms with E-state index in [0.29, 0.717) is 41.2 Å². The highest BCUT2D eigenvalue weighted by Crippen LogP contribution is 2.32. The van der Waals surface area contributed by atoms with Crippen molar-refractivity contribution >= 4 is 23.6 Å². The largest absolute Gasteiger partial charge is 0.489 e. The first-order valence-electron chi connectivity index (χ1n) is 13.4. The number of fused-ring (bicyclic) bond motifs is 1. The summed E-state index contributed by atoms with van der Waals surface area (Å²) in [6, 6.07) is 34.7. The van der Waals surface area contributed by atoms with E-state index < -0.39 is 11.9 Å². The molecule has 0 saturated heterocycles. The lowest BCUT2D eigenvalue weighted by molar-refractivity contribution is 0.0532. The first-order chi connectivity index (χ1) is 20.6. The summed E-state index contributed by atoms with van der Waals surface area (Å²) < 4.78 is 11.8. The SMILES string of the molecule is O=C(NC1=C(OC(=O)c2ccccc2)N(Cc2ccccc2)C=Cc2c1c2=O)c1ccc(OCc2ccccc2)cc1. The van der Waals surface area contributed by atoms with E-state index in [0.717, 1.165) is 11.1 Å². The van der Waals surface area contributed by atoms with Gasteiger partial charge in [0.15, 0.2) is 5.43 Å². The lowest BCUT2D eigenvalue weighted by Crippen LogP contribution is -2.29. The van der Waals surface area contributed by atoms with Gasteiger partial charge in [0.2, 0.25) is 5.88 Å². The third-order valence-corrected chi connectivity index (χ3v) is 6.82. The summed E-state index contributed by atoms with van der Waals surface area (Å²) in [4.78, 5) is 41.1.